The van der Waals surface area contributed by atoms with E-state index < -0.39 is 6.03 Å². The first-order valence-corrected chi connectivity index (χ1v) is 8.22. The van der Waals surface area contributed by atoms with Gasteiger partial charge in [0.15, 0.2) is 0 Å². The fourth-order valence-corrected chi connectivity index (χ4v) is 2.12. The summed E-state index contributed by atoms with van der Waals surface area (Å²) >= 11 is 5.88. The van der Waals surface area contributed by atoms with Crippen molar-refractivity contribution >= 4 is 23.5 Å². The standard InChI is InChI=1S/C17H26ClN3O3/c1-17(2,3)20-16(23)19-15(22)12-21(4)9-6-10-24-14-8-5-7-13(18)11-14/h5,7-8,11H,6,9-10,12H2,1-4H3,(H2,19,20,22,23). The number of carbonyl (C=O) groups is 2. The van der Waals surface area contributed by atoms with E-state index >= 15 is 0 Å². The highest BCUT2D eigenvalue weighted by Gasteiger charge is 2.16. The van der Waals surface area contributed by atoms with E-state index in [9.17, 15) is 9.59 Å². The zero-order chi connectivity index (χ0) is 18.2. The van der Waals surface area contributed by atoms with Crippen LogP contribution in [0.15, 0.2) is 24.3 Å². The molecule has 0 aliphatic rings. The Morgan fingerprint density at radius 2 is 2.00 bits per heavy atom. The minimum absolute atomic E-state index is 0.148. The number of urea groups is 1. The van der Waals surface area contributed by atoms with E-state index in [2.05, 4.69) is 10.6 Å². The van der Waals surface area contributed by atoms with Crippen LogP contribution < -0.4 is 15.4 Å². The van der Waals surface area contributed by atoms with Crippen molar-refractivity contribution in [3.63, 3.8) is 0 Å². The molecule has 1 rings (SSSR count). The average Bonchev–Trinajstić information content (AvgIpc) is 2.41. The van der Waals surface area contributed by atoms with E-state index in [1.165, 1.54) is 0 Å². The predicted octanol–water partition coefficient (Wildman–Crippen LogP) is 2.67. The van der Waals surface area contributed by atoms with Gasteiger partial charge in [0.2, 0.25) is 5.91 Å². The molecule has 0 atom stereocenters. The van der Waals surface area contributed by atoms with Gasteiger partial charge in [-0.15, -0.1) is 0 Å². The third kappa shape index (κ3) is 9.37. The highest BCUT2D eigenvalue weighted by molar-refractivity contribution is 6.30. The number of nitrogens with zero attached hydrogens (tertiary/aromatic N) is 1. The van der Waals surface area contributed by atoms with Crippen molar-refractivity contribution in [1.82, 2.24) is 15.5 Å². The summed E-state index contributed by atoms with van der Waals surface area (Å²) in [5.41, 5.74) is -0.381. The molecule has 6 nitrogen and oxygen atoms in total. The lowest BCUT2D eigenvalue weighted by molar-refractivity contribution is -0.120. The topological polar surface area (TPSA) is 70.7 Å². The molecule has 0 heterocycles. The average molecular weight is 356 g/mol. The van der Waals surface area contributed by atoms with Crippen LogP contribution in [-0.2, 0) is 4.79 Å². The SMILES string of the molecule is CN(CCCOc1cccc(Cl)c1)CC(=O)NC(=O)NC(C)(C)C. The van der Waals surface area contributed by atoms with Gasteiger partial charge >= 0.3 is 6.03 Å². The van der Waals surface area contributed by atoms with Crippen molar-refractivity contribution in [3.8, 4) is 5.75 Å². The summed E-state index contributed by atoms with van der Waals surface area (Å²) in [5, 5.41) is 5.63. The molecule has 24 heavy (non-hydrogen) atoms. The zero-order valence-corrected chi connectivity index (χ0v) is 15.4. The fourth-order valence-electron chi connectivity index (χ4n) is 1.94. The van der Waals surface area contributed by atoms with Gasteiger partial charge in [0.25, 0.3) is 0 Å². The van der Waals surface area contributed by atoms with Gasteiger partial charge in [0.05, 0.1) is 13.2 Å². The molecular formula is C17H26ClN3O3. The second kappa shape index (κ2) is 9.49. The van der Waals surface area contributed by atoms with Crippen LogP contribution in [0.25, 0.3) is 0 Å². The molecular weight excluding hydrogens is 330 g/mol. The third-order valence-electron chi connectivity index (χ3n) is 2.90. The molecule has 1 aromatic carbocycles. The van der Waals surface area contributed by atoms with E-state index in [1.54, 1.807) is 12.1 Å². The Balaban J connectivity index is 2.20. The Kier molecular flexibility index (Phi) is 8.01. The second-order valence-corrected chi connectivity index (χ2v) is 7.09. The summed E-state index contributed by atoms with van der Waals surface area (Å²) in [5.74, 6) is 0.386. The molecule has 0 radical (unpaired) electrons. The van der Waals surface area contributed by atoms with Crippen molar-refractivity contribution < 1.29 is 14.3 Å². The maximum Gasteiger partial charge on any atom is 0.321 e. The lowest BCUT2D eigenvalue weighted by Gasteiger charge is -2.21. The summed E-state index contributed by atoms with van der Waals surface area (Å²) in [6, 6.07) is 6.74. The van der Waals surface area contributed by atoms with Crippen LogP contribution in [0.2, 0.25) is 5.02 Å². The largest absolute Gasteiger partial charge is 0.493 e. The maximum atomic E-state index is 11.8. The summed E-state index contributed by atoms with van der Waals surface area (Å²) in [7, 11) is 1.82. The van der Waals surface area contributed by atoms with Gasteiger partial charge < -0.3 is 10.1 Å². The van der Waals surface area contributed by atoms with Crippen molar-refractivity contribution in [2.45, 2.75) is 32.7 Å². The molecule has 0 fully saturated rings. The molecule has 0 spiro atoms. The zero-order valence-electron chi connectivity index (χ0n) is 14.7. The number of rotatable bonds is 7. The number of carbonyl (C=O) groups excluding carboxylic acids is 2. The van der Waals surface area contributed by atoms with E-state index in [1.807, 2.05) is 44.9 Å². The smallest absolute Gasteiger partial charge is 0.321 e. The number of benzene rings is 1. The molecule has 134 valence electrons. The Labute approximate surface area is 148 Å². The molecule has 0 saturated carbocycles. The van der Waals surface area contributed by atoms with Gasteiger partial charge in [-0.2, -0.15) is 0 Å². The Morgan fingerprint density at radius 1 is 1.29 bits per heavy atom. The molecule has 0 aliphatic heterocycles. The molecule has 7 heteroatoms. The lowest BCUT2D eigenvalue weighted by atomic mass is 10.1. The first-order valence-electron chi connectivity index (χ1n) is 7.84. The predicted molar refractivity (Wildman–Crippen MR) is 95.5 cm³/mol. The second-order valence-electron chi connectivity index (χ2n) is 6.65. The van der Waals surface area contributed by atoms with Crippen molar-refractivity contribution in [2.24, 2.45) is 0 Å². The van der Waals surface area contributed by atoms with Crippen LogP contribution in [-0.4, -0.2) is 49.1 Å². The number of nitrogens with one attached hydrogen (secondary N) is 2. The Bertz CT molecular complexity index is 558. The molecule has 0 unspecified atom stereocenters. The van der Waals surface area contributed by atoms with Crippen LogP contribution >= 0.6 is 11.6 Å². The minimum atomic E-state index is -0.481. The quantitative estimate of drug-likeness (QED) is 0.738. The van der Waals surface area contributed by atoms with Gasteiger partial charge in [-0.1, -0.05) is 17.7 Å². The van der Waals surface area contributed by atoms with Crippen molar-refractivity contribution in [2.75, 3.05) is 26.7 Å². The maximum absolute atomic E-state index is 11.8. The van der Waals surface area contributed by atoms with Gasteiger partial charge in [-0.05, 0) is 52.4 Å². The number of imide groups is 1. The number of hydrogen-bond acceptors (Lipinski definition) is 4. The van der Waals surface area contributed by atoms with Crippen LogP contribution in [0.5, 0.6) is 5.75 Å². The minimum Gasteiger partial charge on any atom is -0.493 e. The summed E-state index contributed by atoms with van der Waals surface area (Å²) in [6.45, 7) is 6.90. The molecule has 0 aromatic heterocycles. The Hall–Kier alpha value is -1.79. The van der Waals surface area contributed by atoms with Crippen LogP contribution in [0, 0.1) is 0 Å². The fraction of sp³-hybridized carbons (Fsp3) is 0.529. The molecule has 0 aliphatic carbocycles. The molecule has 0 saturated heterocycles. The van der Waals surface area contributed by atoms with Gasteiger partial charge in [0, 0.05) is 17.1 Å². The van der Waals surface area contributed by atoms with E-state index in [0.29, 0.717) is 18.2 Å². The first kappa shape index (κ1) is 20.3. The van der Waals surface area contributed by atoms with E-state index in [4.69, 9.17) is 16.3 Å². The number of hydrogen-bond donors (Lipinski definition) is 2. The number of amides is 3. The molecule has 3 amide bonds. The number of halogens is 1. The van der Waals surface area contributed by atoms with Gasteiger partial charge in [0.1, 0.15) is 5.75 Å². The molecule has 1 aromatic rings. The monoisotopic (exact) mass is 355 g/mol. The first-order chi connectivity index (χ1) is 11.2. The summed E-state index contributed by atoms with van der Waals surface area (Å²) in [6.07, 6.45) is 0.754. The van der Waals surface area contributed by atoms with Crippen LogP contribution in [0.3, 0.4) is 0 Å². The van der Waals surface area contributed by atoms with Crippen LogP contribution in [0.1, 0.15) is 27.2 Å². The Morgan fingerprint density at radius 3 is 2.62 bits per heavy atom. The van der Waals surface area contributed by atoms with Crippen LogP contribution in [0.4, 0.5) is 4.79 Å². The lowest BCUT2D eigenvalue weighted by Crippen LogP contribution is -2.50. The number of likely N-dealkylation sites (N-methyl/N-ethyl adjacent to an activating group) is 1. The third-order valence-corrected chi connectivity index (χ3v) is 3.14. The number of ether oxygens (including phenoxy) is 1. The van der Waals surface area contributed by atoms with E-state index in [0.717, 1.165) is 12.2 Å². The highest BCUT2D eigenvalue weighted by Crippen LogP contribution is 2.17. The molecule has 0 bridgehead atoms. The van der Waals surface area contributed by atoms with Crippen molar-refractivity contribution in [1.29, 1.82) is 0 Å². The summed E-state index contributed by atoms with van der Waals surface area (Å²) < 4.78 is 5.59. The van der Waals surface area contributed by atoms with Gasteiger partial charge in [-0.25, -0.2) is 4.79 Å². The van der Waals surface area contributed by atoms with Gasteiger partial charge in [-0.3, -0.25) is 15.0 Å². The highest BCUT2D eigenvalue weighted by atomic mass is 35.5. The van der Waals surface area contributed by atoms with E-state index in [-0.39, 0.29) is 18.0 Å². The molecule has 2 N–H and O–H groups in total. The van der Waals surface area contributed by atoms with Crippen molar-refractivity contribution in [3.05, 3.63) is 29.3 Å². The normalized spacial score (nSPS) is 11.2. The summed E-state index contributed by atoms with van der Waals surface area (Å²) in [4.78, 5) is 25.2.